The topological polar surface area (TPSA) is 56.8 Å². The Hall–Kier alpha value is -2.69. The van der Waals surface area contributed by atoms with Crippen molar-refractivity contribution in [3.05, 3.63) is 54.1 Å². The van der Waals surface area contributed by atoms with Gasteiger partial charge in [0, 0.05) is 0 Å². The van der Waals surface area contributed by atoms with Crippen molar-refractivity contribution < 1.29 is 19.0 Å². The molecule has 3 rings (SSSR count). The fourth-order valence-electron chi connectivity index (χ4n) is 2.54. The molecule has 1 amide bonds. The summed E-state index contributed by atoms with van der Waals surface area (Å²) in [7, 11) is 0. The summed E-state index contributed by atoms with van der Waals surface area (Å²) >= 11 is 0. The Morgan fingerprint density at radius 1 is 1.16 bits per heavy atom. The zero-order valence-electron chi connectivity index (χ0n) is 14.5. The van der Waals surface area contributed by atoms with E-state index in [0.717, 1.165) is 5.75 Å². The van der Waals surface area contributed by atoms with E-state index in [1.807, 2.05) is 48.5 Å². The fourth-order valence-corrected chi connectivity index (χ4v) is 2.54. The molecule has 132 valence electrons. The second-order valence-corrected chi connectivity index (χ2v) is 6.31. The van der Waals surface area contributed by atoms with E-state index in [4.69, 9.17) is 14.2 Å². The standard InChI is InChI=1S/C20H23NO4/c1-14(2)15-7-9-16(10-8-15)23-13-20(22)21-11-17-12-24-18-5-3-4-6-19(18)25-17/h3-10,14,17H,11-13H2,1-2H3,(H,21,22)/t17-/m0/s1. The number of fused-ring (bicyclic) bond motifs is 1. The Labute approximate surface area is 147 Å². The molecule has 1 aliphatic rings. The SMILES string of the molecule is CC(C)c1ccc(OCC(=O)NC[C@H]2COc3ccccc3O2)cc1. The van der Waals surface area contributed by atoms with Gasteiger partial charge in [0.25, 0.3) is 5.91 Å². The van der Waals surface area contributed by atoms with Crippen LogP contribution in [-0.2, 0) is 4.79 Å². The van der Waals surface area contributed by atoms with Crippen molar-refractivity contribution in [2.75, 3.05) is 19.8 Å². The molecule has 2 aromatic carbocycles. The molecule has 5 nitrogen and oxygen atoms in total. The molecule has 0 radical (unpaired) electrons. The zero-order valence-corrected chi connectivity index (χ0v) is 14.5. The Morgan fingerprint density at radius 3 is 2.60 bits per heavy atom. The summed E-state index contributed by atoms with van der Waals surface area (Å²) in [4.78, 5) is 11.9. The van der Waals surface area contributed by atoms with E-state index in [2.05, 4.69) is 19.2 Å². The molecule has 1 heterocycles. The molecule has 0 aromatic heterocycles. The summed E-state index contributed by atoms with van der Waals surface area (Å²) in [5.41, 5.74) is 1.24. The van der Waals surface area contributed by atoms with Crippen LogP contribution in [0.25, 0.3) is 0 Å². The highest BCUT2D eigenvalue weighted by molar-refractivity contribution is 5.77. The Balaban J connectivity index is 1.41. The Kier molecular flexibility index (Phi) is 5.43. The van der Waals surface area contributed by atoms with Crippen LogP contribution < -0.4 is 19.5 Å². The average Bonchev–Trinajstić information content (AvgIpc) is 2.65. The molecule has 1 aliphatic heterocycles. The summed E-state index contributed by atoms with van der Waals surface area (Å²) in [5.74, 6) is 2.41. The number of hydrogen-bond donors (Lipinski definition) is 1. The van der Waals surface area contributed by atoms with Crippen LogP contribution in [0.1, 0.15) is 25.3 Å². The Bertz CT molecular complexity index is 712. The third-order valence-corrected chi connectivity index (χ3v) is 4.01. The van der Waals surface area contributed by atoms with Gasteiger partial charge < -0.3 is 19.5 Å². The number of amides is 1. The first-order valence-electron chi connectivity index (χ1n) is 8.50. The van der Waals surface area contributed by atoms with Gasteiger partial charge in [0.05, 0.1) is 6.54 Å². The van der Waals surface area contributed by atoms with Crippen molar-refractivity contribution in [1.29, 1.82) is 0 Å². The summed E-state index contributed by atoms with van der Waals surface area (Å²) < 4.78 is 16.9. The molecule has 5 heteroatoms. The highest BCUT2D eigenvalue weighted by atomic mass is 16.6. The lowest BCUT2D eigenvalue weighted by atomic mass is 10.0. The maximum Gasteiger partial charge on any atom is 0.258 e. The normalized spacial score (nSPS) is 15.7. The summed E-state index contributed by atoms with van der Waals surface area (Å²) in [6, 6.07) is 15.3. The minimum absolute atomic E-state index is 0.0226. The van der Waals surface area contributed by atoms with E-state index in [1.54, 1.807) is 0 Å². The van der Waals surface area contributed by atoms with Crippen molar-refractivity contribution in [3.8, 4) is 17.2 Å². The quantitative estimate of drug-likeness (QED) is 0.877. The Morgan fingerprint density at radius 2 is 1.88 bits per heavy atom. The molecule has 0 aliphatic carbocycles. The van der Waals surface area contributed by atoms with Gasteiger partial charge in [0.15, 0.2) is 18.1 Å². The van der Waals surface area contributed by atoms with Crippen molar-refractivity contribution in [3.63, 3.8) is 0 Å². The third kappa shape index (κ3) is 4.66. The van der Waals surface area contributed by atoms with Gasteiger partial charge >= 0.3 is 0 Å². The molecule has 1 atom stereocenters. The highest BCUT2D eigenvalue weighted by Gasteiger charge is 2.21. The van der Waals surface area contributed by atoms with Crippen LogP contribution in [0.3, 0.4) is 0 Å². The van der Waals surface area contributed by atoms with Gasteiger partial charge in [-0.05, 0) is 35.7 Å². The molecular weight excluding hydrogens is 318 g/mol. The van der Waals surface area contributed by atoms with Gasteiger partial charge in [-0.2, -0.15) is 0 Å². The van der Waals surface area contributed by atoms with Crippen molar-refractivity contribution in [2.24, 2.45) is 0 Å². The first-order valence-corrected chi connectivity index (χ1v) is 8.50. The lowest BCUT2D eigenvalue weighted by Crippen LogP contribution is -2.42. The lowest BCUT2D eigenvalue weighted by Gasteiger charge is -2.26. The average molecular weight is 341 g/mol. The summed E-state index contributed by atoms with van der Waals surface area (Å²) in [6.07, 6.45) is -0.204. The first-order chi connectivity index (χ1) is 12.1. The molecule has 0 saturated carbocycles. The summed E-state index contributed by atoms with van der Waals surface area (Å²) in [5, 5.41) is 2.81. The van der Waals surface area contributed by atoms with Crippen LogP contribution >= 0.6 is 0 Å². The molecule has 0 bridgehead atoms. The van der Waals surface area contributed by atoms with E-state index in [-0.39, 0.29) is 18.6 Å². The molecule has 0 fully saturated rings. The first kappa shape index (κ1) is 17.1. The number of carbonyl (C=O) groups excluding carboxylic acids is 1. The largest absolute Gasteiger partial charge is 0.486 e. The van der Waals surface area contributed by atoms with Crippen molar-refractivity contribution in [1.82, 2.24) is 5.32 Å². The number of ether oxygens (including phenoxy) is 3. The van der Waals surface area contributed by atoms with Crippen LogP contribution in [0.15, 0.2) is 48.5 Å². The number of benzene rings is 2. The fraction of sp³-hybridized carbons (Fsp3) is 0.350. The molecule has 0 saturated heterocycles. The highest BCUT2D eigenvalue weighted by Crippen LogP contribution is 2.30. The van der Waals surface area contributed by atoms with E-state index in [9.17, 15) is 4.79 Å². The van der Waals surface area contributed by atoms with Gasteiger partial charge in [-0.25, -0.2) is 0 Å². The molecule has 1 N–H and O–H groups in total. The number of nitrogens with one attached hydrogen (secondary N) is 1. The summed E-state index contributed by atoms with van der Waals surface area (Å²) in [6.45, 7) is 5.04. The van der Waals surface area contributed by atoms with E-state index in [1.165, 1.54) is 5.56 Å². The van der Waals surface area contributed by atoms with Crippen LogP contribution in [-0.4, -0.2) is 31.8 Å². The van der Waals surface area contributed by atoms with Crippen molar-refractivity contribution in [2.45, 2.75) is 25.9 Å². The van der Waals surface area contributed by atoms with E-state index in [0.29, 0.717) is 30.6 Å². The predicted molar refractivity (Wildman–Crippen MR) is 95.4 cm³/mol. The van der Waals surface area contributed by atoms with Gasteiger partial charge in [-0.1, -0.05) is 38.1 Å². The molecule has 0 spiro atoms. The second kappa shape index (κ2) is 7.92. The van der Waals surface area contributed by atoms with Crippen LogP contribution in [0.5, 0.6) is 17.2 Å². The van der Waals surface area contributed by atoms with Crippen LogP contribution in [0.2, 0.25) is 0 Å². The van der Waals surface area contributed by atoms with Gasteiger partial charge in [-0.15, -0.1) is 0 Å². The van der Waals surface area contributed by atoms with E-state index >= 15 is 0 Å². The van der Waals surface area contributed by atoms with Gasteiger partial charge in [0.2, 0.25) is 0 Å². The number of rotatable bonds is 6. The molecule has 2 aromatic rings. The smallest absolute Gasteiger partial charge is 0.258 e. The van der Waals surface area contributed by atoms with Gasteiger partial charge in [0.1, 0.15) is 18.5 Å². The van der Waals surface area contributed by atoms with Crippen LogP contribution in [0, 0.1) is 0 Å². The minimum Gasteiger partial charge on any atom is -0.486 e. The maximum atomic E-state index is 11.9. The van der Waals surface area contributed by atoms with Crippen LogP contribution in [0.4, 0.5) is 0 Å². The predicted octanol–water partition coefficient (Wildman–Crippen LogP) is 3.15. The number of hydrogen-bond acceptors (Lipinski definition) is 4. The number of para-hydroxylation sites is 2. The zero-order chi connectivity index (χ0) is 17.6. The van der Waals surface area contributed by atoms with E-state index < -0.39 is 0 Å². The molecule has 25 heavy (non-hydrogen) atoms. The van der Waals surface area contributed by atoms with Crippen molar-refractivity contribution >= 4 is 5.91 Å². The maximum absolute atomic E-state index is 11.9. The molecule has 0 unspecified atom stereocenters. The minimum atomic E-state index is -0.204. The monoisotopic (exact) mass is 341 g/mol. The second-order valence-electron chi connectivity index (χ2n) is 6.31. The lowest BCUT2D eigenvalue weighted by molar-refractivity contribution is -0.123. The third-order valence-electron chi connectivity index (χ3n) is 4.01. The number of carbonyl (C=O) groups is 1. The van der Waals surface area contributed by atoms with Gasteiger partial charge in [-0.3, -0.25) is 4.79 Å². The molecular formula is C20H23NO4.